The third-order valence-corrected chi connectivity index (χ3v) is 3.61. The summed E-state index contributed by atoms with van der Waals surface area (Å²) in [6.45, 7) is 6.13. The lowest BCUT2D eigenvalue weighted by Gasteiger charge is -2.07. The number of aromatic hydroxyl groups is 1. The van der Waals surface area contributed by atoms with E-state index < -0.39 is 0 Å². The van der Waals surface area contributed by atoms with E-state index >= 15 is 0 Å². The first-order valence-corrected chi connectivity index (χ1v) is 7.80. The number of carbonyl (C=O) groups excluding carboxylic acids is 1. The van der Waals surface area contributed by atoms with Crippen molar-refractivity contribution in [2.75, 3.05) is 6.61 Å². The average Bonchev–Trinajstić information content (AvgIpc) is 2.87. The molecule has 0 bridgehead atoms. The van der Waals surface area contributed by atoms with Crippen molar-refractivity contribution < 1.29 is 14.6 Å². The molecule has 1 heterocycles. The molecule has 24 heavy (non-hydrogen) atoms. The Morgan fingerprint density at radius 1 is 1.46 bits per heavy atom. The number of benzene rings is 1. The molecule has 0 aliphatic heterocycles. The average molecular weight is 330 g/mol. The number of rotatable bonds is 7. The van der Waals surface area contributed by atoms with Crippen LogP contribution in [0.5, 0.6) is 11.5 Å². The molecule has 0 fully saturated rings. The fraction of sp³-hybridized carbons (Fsp3) is 0.353. The predicted octanol–water partition coefficient (Wildman–Crippen LogP) is 2.21. The van der Waals surface area contributed by atoms with Crippen LogP contribution < -0.4 is 10.2 Å². The van der Waals surface area contributed by atoms with E-state index in [-0.39, 0.29) is 11.7 Å². The molecule has 2 aromatic rings. The molecule has 7 nitrogen and oxygen atoms in total. The number of carbonyl (C=O) groups is 1. The Balaban J connectivity index is 1.90. The van der Waals surface area contributed by atoms with Crippen molar-refractivity contribution in [3.63, 3.8) is 0 Å². The summed E-state index contributed by atoms with van der Waals surface area (Å²) in [6.07, 6.45) is 2.30. The third kappa shape index (κ3) is 4.34. The number of H-pyrrole nitrogens is 1. The van der Waals surface area contributed by atoms with E-state index in [1.54, 1.807) is 18.2 Å². The van der Waals surface area contributed by atoms with Crippen molar-refractivity contribution in [2.24, 2.45) is 5.10 Å². The topological polar surface area (TPSA) is 99.6 Å². The number of aromatic amines is 1. The van der Waals surface area contributed by atoms with Gasteiger partial charge in [-0.1, -0.05) is 6.07 Å². The van der Waals surface area contributed by atoms with Gasteiger partial charge in [-0.2, -0.15) is 10.2 Å². The van der Waals surface area contributed by atoms with E-state index in [0.717, 1.165) is 17.0 Å². The summed E-state index contributed by atoms with van der Waals surface area (Å²) in [5.74, 6) is 0.187. The zero-order valence-corrected chi connectivity index (χ0v) is 14.1. The highest BCUT2D eigenvalue weighted by Gasteiger charge is 2.09. The Kier molecular flexibility index (Phi) is 5.95. The van der Waals surface area contributed by atoms with Gasteiger partial charge in [0.2, 0.25) is 5.91 Å². The largest absolute Gasteiger partial charge is 0.504 e. The van der Waals surface area contributed by atoms with Gasteiger partial charge >= 0.3 is 0 Å². The molecular weight excluding hydrogens is 308 g/mol. The zero-order valence-electron chi connectivity index (χ0n) is 14.1. The van der Waals surface area contributed by atoms with Gasteiger partial charge in [-0.15, -0.1) is 0 Å². The zero-order chi connectivity index (χ0) is 17.5. The Morgan fingerprint density at radius 2 is 2.25 bits per heavy atom. The maximum absolute atomic E-state index is 11.9. The number of para-hydroxylation sites is 1. The van der Waals surface area contributed by atoms with Crippen LogP contribution in [0.25, 0.3) is 0 Å². The fourth-order valence-corrected chi connectivity index (χ4v) is 2.33. The molecule has 2 rings (SSSR count). The Morgan fingerprint density at radius 3 is 2.92 bits per heavy atom. The van der Waals surface area contributed by atoms with Crippen LogP contribution in [-0.4, -0.2) is 34.0 Å². The molecule has 0 unspecified atom stereocenters. The highest BCUT2D eigenvalue weighted by Crippen LogP contribution is 2.28. The van der Waals surface area contributed by atoms with Gasteiger partial charge in [0.25, 0.3) is 0 Å². The number of phenolic OH excluding ortho intramolecular Hbond substituents is 1. The van der Waals surface area contributed by atoms with Crippen LogP contribution in [0.15, 0.2) is 23.3 Å². The fourth-order valence-electron chi connectivity index (χ4n) is 2.33. The number of hydrogen-bond donors (Lipinski definition) is 3. The van der Waals surface area contributed by atoms with Crippen molar-refractivity contribution in [1.29, 1.82) is 0 Å². The predicted molar refractivity (Wildman–Crippen MR) is 91.4 cm³/mol. The SMILES string of the molecule is CCOc1cccc(/C=N\NC(=O)CCc2c(C)n[nH]c2C)c1O. The van der Waals surface area contributed by atoms with Crippen molar-refractivity contribution >= 4 is 12.1 Å². The van der Waals surface area contributed by atoms with Gasteiger partial charge in [-0.3, -0.25) is 9.89 Å². The first kappa shape index (κ1) is 17.5. The van der Waals surface area contributed by atoms with E-state index in [1.165, 1.54) is 6.21 Å². The summed E-state index contributed by atoms with van der Waals surface area (Å²) in [7, 11) is 0. The maximum Gasteiger partial charge on any atom is 0.240 e. The van der Waals surface area contributed by atoms with Crippen LogP contribution in [0, 0.1) is 13.8 Å². The van der Waals surface area contributed by atoms with Gasteiger partial charge in [0, 0.05) is 17.7 Å². The highest BCUT2D eigenvalue weighted by atomic mass is 16.5. The smallest absolute Gasteiger partial charge is 0.240 e. The molecule has 0 atom stereocenters. The number of aryl methyl sites for hydroxylation is 2. The molecule has 0 aliphatic rings. The summed E-state index contributed by atoms with van der Waals surface area (Å²) in [6, 6.07) is 5.11. The standard InChI is InChI=1S/C17H22N4O3/c1-4-24-15-7-5-6-13(17(15)23)10-18-21-16(22)9-8-14-11(2)19-20-12(14)3/h5-7,10,23H,4,8-9H2,1-3H3,(H,19,20)(H,21,22)/b18-10-. The molecule has 0 saturated carbocycles. The van der Waals surface area contributed by atoms with Crippen LogP contribution >= 0.6 is 0 Å². The van der Waals surface area contributed by atoms with Gasteiger partial charge in [0.15, 0.2) is 11.5 Å². The number of aromatic nitrogens is 2. The lowest BCUT2D eigenvalue weighted by atomic mass is 10.1. The van der Waals surface area contributed by atoms with Crippen LogP contribution in [0.2, 0.25) is 0 Å². The first-order chi connectivity index (χ1) is 11.5. The second kappa shape index (κ2) is 8.14. The summed E-state index contributed by atoms with van der Waals surface area (Å²) < 4.78 is 5.30. The van der Waals surface area contributed by atoms with E-state index in [9.17, 15) is 9.90 Å². The summed E-state index contributed by atoms with van der Waals surface area (Å²) >= 11 is 0. The van der Waals surface area contributed by atoms with E-state index in [0.29, 0.717) is 30.8 Å². The normalized spacial score (nSPS) is 11.0. The van der Waals surface area contributed by atoms with Gasteiger partial charge < -0.3 is 9.84 Å². The first-order valence-electron chi connectivity index (χ1n) is 7.80. The van der Waals surface area contributed by atoms with Crippen molar-refractivity contribution in [2.45, 2.75) is 33.6 Å². The molecule has 128 valence electrons. The quantitative estimate of drug-likeness (QED) is 0.535. The molecular formula is C17H22N4O3. The van der Waals surface area contributed by atoms with E-state index in [1.807, 2.05) is 20.8 Å². The number of nitrogens with zero attached hydrogens (tertiary/aromatic N) is 2. The molecule has 1 aromatic carbocycles. The number of hydrazone groups is 1. The van der Waals surface area contributed by atoms with Gasteiger partial charge in [0.05, 0.1) is 18.5 Å². The third-order valence-electron chi connectivity index (χ3n) is 3.61. The van der Waals surface area contributed by atoms with Crippen molar-refractivity contribution in [3.05, 3.63) is 40.7 Å². The molecule has 1 aromatic heterocycles. The molecule has 0 spiro atoms. The number of amides is 1. The number of nitrogens with one attached hydrogen (secondary N) is 2. The molecule has 0 radical (unpaired) electrons. The summed E-state index contributed by atoms with van der Waals surface area (Å²) in [4.78, 5) is 11.9. The maximum atomic E-state index is 11.9. The van der Waals surface area contributed by atoms with Crippen LogP contribution in [0.4, 0.5) is 0 Å². The van der Waals surface area contributed by atoms with Gasteiger partial charge in [-0.05, 0) is 44.9 Å². The van der Waals surface area contributed by atoms with Crippen LogP contribution in [0.1, 0.15) is 35.9 Å². The Labute approximate surface area is 140 Å². The monoisotopic (exact) mass is 330 g/mol. The van der Waals surface area contributed by atoms with E-state index in [2.05, 4.69) is 20.7 Å². The summed E-state index contributed by atoms with van der Waals surface area (Å²) in [5, 5.41) is 20.9. The Bertz CT molecular complexity index is 718. The lowest BCUT2D eigenvalue weighted by molar-refractivity contribution is -0.121. The van der Waals surface area contributed by atoms with E-state index in [4.69, 9.17) is 4.74 Å². The molecule has 7 heteroatoms. The summed E-state index contributed by atoms with van der Waals surface area (Å²) in [5.41, 5.74) is 5.86. The second-order valence-corrected chi connectivity index (χ2v) is 5.33. The minimum absolute atomic E-state index is 0.00185. The van der Waals surface area contributed by atoms with Crippen molar-refractivity contribution in [3.8, 4) is 11.5 Å². The lowest BCUT2D eigenvalue weighted by Crippen LogP contribution is -2.18. The van der Waals surface area contributed by atoms with Gasteiger partial charge in [-0.25, -0.2) is 5.43 Å². The van der Waals surface area contributed by atoms with Crippen molar-refractivity contribution in [1.82, 2.24) is 15.6 Å². The molecule has 0 saturated heterocycles. The number of hydrogen-bond acceptors (Lipinski definition) is 5. The second-order valence-electron chi connectivity index (χ2n) is 5.33. The van der Waals surface area contributed by atoms with Crippen LogP contribution in [0.3, 0.4) is 0 Å². The number of ether oxygens (including phenoxy) is 1. The molecule has 0 aliphatic carbocycles. The number of phenols is 1. The molecule has 3 N–H and O–H groups in total. The Hall–Kier alpha value is -2.83. The highest BCUT2D eigenvalue weighted by molar-refractivity contribution is 5.86. The minimum atomic E-state index is -0.202. The minimum Gasteiger partial charge on any atom is -0.504 e. The van der Waals surface area contributed by atoms with Gasteiger partial charge in [0.1, 0.15) is 0 Å². The van der Waals surface area contributed by atoms with Crippen LogP contribution in [-0.2, 0) is 11.2 Å². The molecule has 1 amide bonds.